The van der Waals surface area contributed by atoms with E-state index in [-0.39, 0.29) is 6.54 Å². The van der Waals surface area contributed by atoms with E-state index >= 15 is 0 Å². The lowest BCUT2D eigenvalue weighted by Crippen LogP contribution is -1.97. The lowest BCUT2D eigenvalue weighted by Gasteiger charge is -2.02. The second-order valence-corrected chi connectivity index (χ2v) is 4.19. The van der Waals surface area contributed by atoms with Crippen LogP contribution in [-0.2, 0) is 13.0 Å². The van der Waals surface area contributed by atoms with Crippen LogP contribution in [0.1, 0.15) is 12.8 Å². The number of nitrogens with zero attached hydrogens (tertiary/aromatic N) is 4. The van der Waals surface area contributed by atoms with Crippen LogP contribution in [0.3, 0.4) is 0 Å². The molecular formula is C14H12N4O. The van der Waals surface area contributed by atoms with Crippen molar-refractivity contribution in [2.45, 2.75) is 19.9 Å². The van der Waals surface area contributed by atoms with Crippen LogP contribution in [0, 0.1) is 11.3 Å². The maximum Gasteiger partial charge on any atom is 0.264 e. The molecule has 0 saturated carbocycles. The van der Waals surface area contributed by atoms with Gasteiger partial charge in [-0.3, -0.25) is 0 Å². The van der Waals surface area contributed by atoms with Crippen molar-refractivity contribution in [2.24, 2.45) is 0 Å². The molecule has 2 heterocycles. The van der Waals surface area contributed by atoms with Crippen molar-refractivity contribution in [3.05, 3.63) is 36.2 Å². The number of para-hydroxylation sites is 1. The summed E-state index contributed by atoms with van der Waals surface area (Å²) < 4.78 is 7.47. The smallest absolute Gasteiger partial charge is 0.264 e. The quantitative estimate of drug-likeness (QED) is 0.718. The fourth-order valence-electron chi connectivity index (χ4n) is 2.13. The minimum Gasteiger partial charge on any atom is -0.419 e. The van der Waals surface area contributed by atoms with Gasteiger partial charge in [0.15, 0.2) is 0 Å². The van der Waals surface area contributed by atoms with Crippen LogP contribution in [0.25, 0.3) is 22.5 Å². The minimum atomic E-state index is 0.257. The summed E-state index contributed by atoms with van der Waals surface area (Å²) in [6.07, 6.45) is 0.700. The molecule has 1 aromatic carbocycles. The molecule has 0 spiro atoms. The lowest BCUT2D eigenvalue weighted by molar-refractivity contribution is 0.509. The van der Waals surface area contributed by atoms with Gasteiger partial charge in [-0.05, 0) is 12.1 Å². The van der Waals surface area contributed by atoms with E-state index in [4.69, 9.17) is 9.68 Å². The average Bonchev–Trinajstić information content (AvgIpc) is 3.04. The summed E-state index contributed by atoms with van der Waals surface area (Å²) in [6, 6.07) is 12.0. The molecule has 0 fully saturated rings. The second kappa shape index (κ2) is 4.58. The Labute approximate surface area is 110 Å². The van der Waals surface area contributed by atoms with Crippen molar-refractivity contribution in [1.82, 2.24) is 14.8 Å². The summed E-state index contributed by atoms with van der Waals surface area (Å²) in [4.78, 5) is 0. The maximum atomic E-state index is 8.98. The first-order chi connectivity index (χ1) is 9.33. The predicted molar refractivity (Wildman–Crippen MR) is 70.2 cm³/mol. The topological polar surface area (TPSA) is 67.6 Å². The van der Waals surface area contributed by atoms with Gasteiger partial charge in [0.2, 0.25) is 5.89 Å². The van der Waals surface area contributed by atoms with Crippen LogP contribution in [0.4, 0.5) is 0 Å². The second-order valence-electron chi connectivity index (χ2n) is 4.19. The average molecular weight is 252 g/mol. The van der Waals surface area contributed by atoms with Gasteiger partial charge in [-0.25, -0.2) is 0 Å². The molecule has 0 radical (unpaired) electrons. The highest BCUT2D eigenvalue weighted by Crippen LogP contribution is 2.27. The monoisotopic (exact) mass is 252 g/mol. The third-order valence-corrected chi connectivity index (χ3v) is 3.03. The first-order valence-corrected chi connectivity index (χ1v) is 6.11. The van der Waals surface area contributed by atoms with E-state index in [9.17, 15) is 0 Å². The van der Waals surface area contributed by atoms with Gasteiger partial charge in [-0.2, -0.15) is 5.26 Å². The van der Waals surface area contributed by atoms with Gasteiger partial charge >= 0.3 is 0 Å². The van der Waals surface area contributed by atoms with Gasteiger partial charge in [0.05, 0.1) is 6.07 Å². The zero-order chi connectivity index (χ0) is 13.2. The molecule has 5 heteroatoms. The fraction of sp³-hybridized carbons (Fsp3) is 0.214. The van der Waals surface area contributed by atoms with Crippen LogP contribution in [0.15, 0.2) is 34.7 Å². The molecule has 2 aromatic heterocycles. The molecule has 5 nitrogen and oxygen atoms in total. The number of benzene rings is 1. The van der Waals surface area contributed by atoms with Crippen molar-refractivity contribution < 1.29 is 4.42 Å². The fourth-order valence-corrected chi connectivity index (χ4v) is 2.13. The van der Waals surface area contributed by atoms with Crippen LogP contribution >= 0.6 is 0 Å². The summed E-state index contributed by atoms with van der Waals surface area (Å²) in [5, 5.41) is 18.1. The molecule has 0 amide bonds. The van der Waals surface area contributed by atoms with Crippen molar-refractivity contribution in [2.75, 3.05) is 0 Å². The van der Waals surface area contributed by atoms with Crippen molar-refractivity contribution >= 4 is 10.9 Å². The molecule has 0 aliphatic rings. The summed E-state index contributed by atoms with van der Waals surface area (Å²) in [6.45, 7) is 2.22. The highest BCUT2D eigenvalue weighted by Gasteiger charge is 2.15. The molecule has 19 heavy (non-hydrogen) atoms. The molecule has 0 bridgehead atoms. The van der Waals surface area contributed by atoms with Crippen LogP contribution in [0.2, 0.25) is 0 Å². The van der Waals surface area contributed by atoms with E-state index < -0.39 is 0 Å². The van der Waals surface area contributed by atoms with E-state index in [0.717, 1.165) is 16.6 Å². The summed E-state index contributed by atoms with van der Waals surface area (Å²) in [7, 11) is 0. The third-order valence-electron chi connectivity index (χ3n) is 3.03. The normalized spacial score (nSPS) is 10.7. The van der Waals surface area contributed by atoms with Crippen molar-refractivity contribution in [3.8, 4) is 17.7 Å². The molecule has 0 unspecified atom stereocenters. The highest BCUT2D eigenvalue weighted by molar-refractivity contribution is 5.85. The van der Waals surface area contributed by atoms with Gasteiger partial charge in [-0.15, -0.1) is 10.2 Å². The van der Waals surface area contributed by atoms with Gasteiger partial charge in [0.25, 0.3) is 5.89 Å². The molecule has 3 rings (SSSR count). The van der Waals surface area contributed by atoms with Crippen LogP contribution in [0.5, 0.6) is 0 Å². The first kappa shape index (κ1) is 11.5. The maximum absolute atomic E-state index is 8.98. The van der Waals surface area contributed by atoms with Crippen LogP contribution in [-0.4, -0.2) is 14.8 Å². The Bertz CT molecular complexity index is 763. The molecule has 0 aliphatic carbocycles. The number of aromatic nitrogens is 3. The number of nitriles is 1. The van der Waals surface area contributed by atoms with Crippen molar-refractivity contribution in [1.29, 1.82) is 5.26 Å². The van der Waals surface area contributed by atoms with E-state index in [2.05, 4.69) is 16.3 Å². The highest BCUT2D eigenvalue weighted by atomic mass is 16.4. The number of rotatable bonds is 3. The standard InChI is InChI=1S/C14H12N4O/c1-2-13-16-17-14(19-13)12-9-10-5-3-4-6-11(10)18(12)8-7-15/h3-6,9H,2,8H2,1H3. The molecule has 0 aliphatic heterocycles. The Morgan fingerprint density at radius 3 is 2.89 bits per heavy atom. The minimum absolute atomic E-state index is 0.257. The number of hydrogen-bond acceptors (Lipinski definition) is 4. The first-order valence-electron chi connectivity index (χ1n) is 6.11. The zero-order valence-electron chi connectivity index (χ0n) is 10.5. The molecular weight excluding hydrogens is 240 g/mol. The van der Waals surface area contributed by atoms with E-state index in [0.29, 0.717) is 18.2 Å². The summed E-state index contributed by atoms with van der Waals surface area (Å²) >= 11 is 0. The van der Waals surface area contributed by atoms with Gasteiger partial charge in [-0.1, -0.05) is 25.1 Å². The van der Waals surface area contributed by atoms with Crippen molar-refractivity contribution in [3.63, 3.8) is 0 Å². The summed E-state index contributed by atoms with van der Waals surface area (Å²) in [5.74, 6) is 1.06. The third kappa shape index (κ3) is 1.87. The molecule has 0 atom stereocenters. The molecule has 94 valence electrons. The Balaban J connectivity index is 2.22. The predicted octanol–water partition coefficient (Wildman–Crippen LogP) is 2.78. The Hall–Kier alpha value is -2.61. The van der Waals surface area contributed by atoms with E-state index in [1.165, 1.54) is 0 Å². The van der Waals surface area contributed by atoms with Gasteiger partial charge < -0.3 is 8.98 Å². The Kier molecular flexibility index (Phi) is 2.76. The Morgan fingerprint density at radius 2 is 2.16 bits per heavy atom. The number of fused-ring (bicyclic) bond motifs is 1. The summed E-state index contributed by atoms with van der Waals surface area (Å²) in [5.41, 5.74) is 1.78. The van der Waals surface area contributed by atoms with E-state index in [1.54, 1.807) is 0 Å². The zero-order valence-corrected chi connectivity index (χ0v) is 10.5. The van der Waals surface area contributed by atoms with E-state index in [1.807, 2.05) is 41.8 Å². The molecule has 0 saturated heterocycles. The molecule has 0 N–H and O–H groups in total. The largest absolute Gasteiger partial charge is 0.419 e. The Morgan fingerprint density at radius 1 is 1.32 bits per heavy atom. The molecule has 3 aromatic rings. The number of aryl methyl sites for hydroxylation is 1. The lowest BCUT2D eigenvalue weighted by atomic mass is 10.2. The van der Waals surface area contributed by atoms with Gasteiger partial charge in [0, 0.05) is 17.3 Å². The van der Waals surface area contributed by atoms with Crippen LogP contribution < -0.4 is 0 Å². The SMILES string of the molecule is CCc1nnc(-c2cc3ccccc3n2CC#N)o1. The van der Waals surface area contributed by atoms with Gasteiger partial charge in [0.1, 0.15) is 12.2 Å². The number of hydrogen-bond donors (Lipinski definition) is 0.